The predicted molar refractivity (Wildman–Crippen MR) is 58.5 cm³/mol. The van der Waals surface area contributed by atoms with Gasteiger partial charge < -0.3 is 10.4 Å². The highest BCUT2D eigenvalue weighted by Crippen LogP contribution is 2.03. The molecule has 0 aliphatic heterocycles. The summed E-state index contributed by atoms with van der Waals surface area (Å²) in [5.41, 5.74) is 0.950. The Morgan fingerprint density at radius 2 is 2.00 bits per heavy atom. The second-order valence-electron chi connectivity index (χ2n) is 4.00. The van der Waals surface area contributed by atoms with E-state index in [0.717, 1.165) is 5.57 Å². The van der Waals surface area contributed by atoms with E-state index in [2.05, 4.69) is 5.32 Å². The van der Waals surface area contributed by atoms with Crippen molar-refractivity contribution in [2.24, 2.45) is 5.92 Å². The maximum atomic E-state index is 11.2. The largest absolute Gasteiger partial charge is 0.481 e. The molecule has 0 aliphatic rings. The van der Waals surface area contributed by atoms with E-state index in [-0.39, 0.29) is 18.2 Å². The van der Waals surface area contributed by atoms with E-state index in [4.69, 9.17) is 5.11 Å². The van der Waals surface area contributed by atoms with Gasteiger partial charge in [-0.2, -0.15) is 0 Å². The van der Waals surface area contributed by atoms with Crippen LogP contribution in [0.3, 0.4) is 0 Å². The Hall–Kier alpha value is -1.32. The van der Waals surface area contributed by atoms with Gasteiger partial charge in [-0.25, -0.2) is 0 Å². The van der Waals surface area contributed by atoms with Gasteiger partial charge in [-0.15, -0.1) is 0 Å². The molecule has 1 unspecified atom stereocenters. The van der Waals surface area contributed by atoms with Crippen molar-refractivity contribution in [3.63, 3.8) is 0 Å². The number of aliphatic carboxylic acids is 1. The van der Waals surface area contributed by atoms with Gasteiger partial charge in [0.25, 0.3) is 0 Å². The molecule has 0 fully saturated rings. The van der Waals surface area contributed by atoms with Crippen molar-refractivity contribution in [1.29, 1.82) is 0 Å². The van der Waals surface area contributed by atoms with E-state index in [1.807, 2.05) is 20.8 Å². The topological polar surface area (TPSA) is 66.4 Å². The van der Waals surface area contributed by atoms with Crippen LogP contribution in [0.5, 0.6) is 0 Å². The molecule has 15 heavy (non-hydrogen) atoms. The minimum Gasteiger partial charge on any atom is -0.481 e. The van der Waals surface area contributed by atoms with Gasteiger partial charge in [0.1, 0.15) is 0 Å². The van der Waals surface area contributed by atoms with E-state index in [0.29, 0.717) is 13.0 Å². The number of hydrogen-bond donors (Lipinski definition) is 2. The fraction of sp³-hybridized carbons (Fsp3) is 0.636. The maximum absolute atomic E-state index is 11.2. The zero-order chi connectivity index (χ0) is 11.8. The number of rotatable bonds is 6. The van der Waals surface area contributed by atoms with Crippen LogP contribution >= 0.6 is 0 Å². The monoisotopic (exact) mass is 213 g/mol. The molecule has 0 radical (unpaired) electrons. The molecular weight excluding hydrogens is 194 g/mol. The lowest BCUT2D eigenvalue weighted by molar-refractivity contribution is -0.137. The number of nitrogens with one attached hydrogen (secondary N) is 1. The Bertz CT molecular complexity index is 255. The third-order valence-electron chi connectivity index (χ3n) is 1.90. The summed E-state index contributed by atoms with van der Waals surface area (Å²) in [6.45, 7) is 6.16. The number of amides is 1. The fourth-order valence-electron chi connectivity index (χ4n) is 1.06. The van der Waals surface area contributed by atoms with Gasteiger partial charge in [-0.3, -0.25) is 9.59 Å². The number of hydrogen-bond acceptors (Lipinski definition) is 2. The highest BCUT2D eigenvalue weighted by atomic mass is 16.4. The number of allylic oxidation sites excluding steroid dienone is 1. The predicted octanol–water partition coefficient (Wildman–Crippen LogP) is 1.57. The summed E-state index contributed by atoms with van der Waals surface area (Å²) in [6, 6.07) is 0. The molecule has 0 saturated heterocycles. The summed E-state index contributed by atoms with van der Waals surface area (Å²) < 4.78 is 0. The lowest BCUT2D eigenvalue weighted by Gasteiger charge is -2.10. The zero-order valence-electron chi connectivity index (χ0n) is 9.54. The molecule has 1 amide bonds. The van der Waals surface area contributed by atoms with Crippen molar-refractivity contribution in [2.75, 3.05) is 6.54 Å². The first-order chi connectivity index (χ1) is 6.91. The molecule has 0 aliphatic carbocycles. The minimum absolute atomic E-state index is 0.114. The Labute approximate surface area is 90.4 Å². The molecule has 0 saturated carbocycles. The second kappa shape index (κ2) is 7.04. The molecule has 2 N–H and O–H groups in total. The zero-order valence-corrected chi connectivity index (χ0v) is 9.54. The van der Waals surface area contributed by atoms with Gasteiger partial charge in [0.2, 0.25) is 5.91 Å². The van der Waals surface area contributed by atoms with Crippen molar-refractivity contribution in [2.45, 2.75) is 33.6 Å². The van der Waals surface area contributed by atoms with Crippen molar-refractivity contribution in [1.82, 2.24) is 5.32 Å². The molecule has 0 aromatic carbocycles. The molecule has 4 nitrogen and oxygen atoms in total. The smallest absolute Gasteiger partial charge is 0.303 e. The highest BCUT2D eigenvalue weighted by Gasteiger charge is 2.06. The Morgan fingerprint density at radius 1 is 1.40 bits per heavy atom. The molecule has 0 rings (SSSR count). The quantitative estimate of drug-likeness (QED) is 0.658. The van der Waals surface area contributed by atoms with Gasteiger partial charge in [0, 0.05) is 19.0 Å². The van der Waals surface area contributed by atoms with E-state index in [1.54, 1.807) is 0 Å². The van der Waals surface area contributed by atoms with Crippen molar-refractivity contribution >= 4 is 11.9 Å². The Kier molecular flexibility index (Phi) is 6.42. The summed E-state index contributed by atoms with van der Waals surface area (Å²) in [6.07, 6.45) is 2.27. The maximum Gasteiger partial charge on any atom is 0.303 e. The van der Waals surface area contributed by atoms with Crippen LogP contribution in [-0.2, 0) is 9.59 Å². The second-order valence-corrected chi connectivity index (χ2v) is 4.00. The Balaban J connectivity index is 3.71. The number of carbonyl (C=O) groups is 2. The van der Waals surface area contributed by atoms with Crippen molar-refractivity contribution < 1.29 is 14.7 Å². The first-order valence-corrected chi connectivity index (χ1v) is 5.06. The van der Waals surface area contributed by atoms with Crippen LogP contribution in [0.1, 0.15) is 33.6 Å². The van der Waals surface area contributed by atoms with E-state index in [9.17, 15) is 9.59 Å². The van der Waals surface area contributed by atoms with Gasteiger partial charge in [0.15, 0.2) is 0 Å². The fourth-order valence-corrected chi connectivity index (χ4v) is 1.06. The molecule has 4 heteroatoms. The number of carboxylic acids is 1. The van der Waals surface area contributed by atoms with Crippen molar-refractivity contribution in [3.05, 3.63) is 11.6 Å². The van der Waals surface area contributed by atoms with Gasteiger partial charge in [-0.1, -0.05) is 12.5 Å². The standard InChI is InChI=1S/C11H19NO3/c1-8(2)6-10(13)12-7-9(3)4-5-11(14)15/h6,9H,4-5,7H2,1-3H3,(H,12,13)(H,14,15). The third-order valence-corrected chi connectivity index (χ3v) is 1.90. The molecule has 86 valence electrons. The minimum atomic E-state index is -0.794. The van der Waals surface area contributed by atoms with Crippen LogP contribution in [0.15, 0.2) is 11.6 Å². The van der Waals surface area contributed by atoms with Crippen molar-refractivity contribution in [3.8, 4) is 0 Å². The molecular formula is C11H19NO3. The molecule has 0 spiro atoms. The first kappa shape index (κ1) is 13.7. The lowest BCUT2D eigenvalue weighted by Crippen LogP contribution is -2.27. The number of carbonyl (C=O) groups excluding carboxylic acids is 1. The highest BCUT2D eigenvalue weighted by molar-refractivity contribution is 5.87. The first-order valence-electron chi connectivity index (χ1n) is 5.06. The summed E-state index contributed by atoms with van der Waals surface area (Å²) in [5, 5.41) is 11.2. The lowest BCUT2D eigenvalue weighted by atomic mass is 10.1. The summed E-state index contributed by atoms with van der Waals surface area (Å²) in [4.78, 5) is 21.5. The molecule has 1 atom stereocenters. The summed E-state index contributed by atoms with van der Waals surface area (Å²) >= 11 is 0. The van der Waals surface area contributed by atoms with Crippen LogP contribution < -0.4 is 5.32 Å². The Morgan fingerprint density at radius 3 is 2.47 bits per heavy atom. The summed E-state index contributed by atoms with van der Waals surface area (Å²) in [7, 11) is 0. The average Bonchev–Trinajstić information content (AvgIpc) is 2.10. The third kappa shape index (κ3) is 9.00. The van der Waals surface area contributed by atoms with Gasteiger partial charge >= 0.3 is 5.97 Å². The molecule has 0 heterocycles. The molecule has 0 bridgehead atoms. The van der Waals surface area contributed by atoms with E-state index < -0.39 is 5.97 Å². The SMILES string of the molecule is CC(C)=CC(=O)NCC(C)CCC(=O)O. The molecule has 0 aromatic rings. The van der Waals surface area contributed by atoms with E-state index >= 15 is 0 Å². The van der Waals surface area contributed by atoms with Crippen LogP contribution in [-0.4, -0.2) is 23.5 Å². The van der Waals surface area contributed by atoms with Gasteiger partial charge in [-0.05, 0) is 26.2 Å². The average molecular weight is 213 g/mol. The summed E-state index contributed by atoms with van der Waals surface area (Å²) in [5.74, 6) is -0.717. The van der Waals surface area contributed by atoms with Crippen LogP contribution in [0.2, 0.25) is 0 Å². The molecule has 0 aromatic heterocycles. The van der Waals surface area contributed by atoms with Crippen LogP contribution in [0.25, 0.3) is 0 Å². The van der Waals surface area contributed by atoms with Gasteiger partial charge in [0.05, 0.1) is 0 Å². The number of carboxylic acid groups (broad SMARTS) is 1. The normalized spacial score (nSPS) is 11.7. The van der Waals surface area contributed by atoms with E-state index in [1.165, 1.54) is 6.08 Å². The van der Waals surface area contributed by atoms with Crippen LogP contribution in [0, 0.1) is 5.92 Å². The van der Waals surface area contributed by atoms with Crippen LogP contribution in [0.4, 0.5) is 0 Å².